The normalized spacial score (nSPS) is 22.9. The van der Waals surface area contributed by atoms with Gasteiger partial charge in [0.15, 0.2) is 0 Å². The molecule has 0 bridgehead atoms. The first-order chi connectivity index (χ1) is 9.63. The van der Waals surface area contributed by atoms with Crippen molar-refractivity contribution in [2.45, 2.75) is 38.6 Å². The molecule has 20 heavy (non-hydrogen) atoms. The molecular formula is C15H18FN3O. The smallest absolute Gasteiger partial charge is 0.230 e. The van der Waals surface area contributed by atoms with Crippen LogP contribution in [0.15, 0.2) is 22.7 Å². The number of halogens is 1. The molecule has 4 nitrogen and oxygen atoms in total. The van der Waals surface area contributed by atoms with Gasteiger partial charge in [0.05, 0.1) is 0 Å². The lowest BCUT2D eigenvalue weighted by molar-refractivity contribution is 0.295. The third kappa shape index (κ3) is 2.58. The van der Waals surface area contributed by atoms with E-state index in [1.165, 1.54) is 6.07 Å². The van der Waals surface area contributed by atoms with Gasteiger partial charge in [-0.05, 0) is 44.9 Å². The molecule has 0 spiro atoms. The van der Waals surface area contributed by atoms with E-state index in [0.29, 0.717) is 34.8 Å². The molecule has 2 heterocycles. The van der Waals surface area contributed by atoms with E-state index >= 15 is 0 Å². The summed E-state index contributed by atoms with van der Waals surface area (Å²) in [5.74, 6) is 1.17. The number of nitrogens with zero attached hydrogens (tertiary/aromatic N) is 2. The molecule has 0 radical (unpaired) electrons. The average Bonchev–Trinajstić information content (AvgIpc) is 2.92. The van der Waals surface area contributed by atoms with Crippen LogP contribution in [-0.2, 0) is 0 Å². The molecule has 1 aromatic carbocycles. The molecule has 0 aliphatic carbocycles. The Hall–Kier alpha value is -1.75. The van der Waals surface area contributed by atoms with Gasteiger partial charge in [0, 0.05) is 17.5 Å². The van der Waals surface area contributed by atoms with Gasteiger partial charge >= 0.3 is 0 Å². The van der Waals surface area contributed by atoms with Gasteiger partial charge in [0.1, 0.15) is 5.82 Å². The third-order valence-corrected chi connectivity index (χ3v) is 3.84. The van der Waals surface area contributed by atoms with Gasteiger partial charge in [-0.25, -0.2) is 4.39 Å². The van der Waals surface area contributed by atoms with Crippen LogP contribution in [0.25, 0.3) is 11.4 Å². The summed E-state index contributed by atoms with van der Waals surface area (Å²) < 4.78 is 18.9. The second kappa shape index (κ2) is 5.32. The van der Waals surface area contributed by atoms with E-state index < -0.39 is 0 Å². The van der Waals surface area contributed by atoms with Crippen LogP contribution in [0, 0.1) is 12.7 Å². The predicted octanol–water partition coefficient (Wildman–Crippen LogP) is 3.04. The minimum Gasteiger partial charge on any atom is -0.339 e. The highest BCUT2D eigenvalue weighted by atomic mass is 19.1. The van der Waals surface area contributed by atoms with E-state index in [2.05, 4.69) is 22.4 Å². The van der Waals surface area contributed by atoms with Gasteiger partial charge in [-0.15, -0.1) is 0 Å². The summed E-state index contributed by atoms with van der Waals surface area (Å²) in [5, 5.41) is 7.38. The Bertz CT molecular complexity index is 611. The van der Waals surface area contributed by atoms with Crippen LogP contribution in [0.2, 0.25) is 0 Å². The Morgan fingerprint density at radius 1 is 1.40 bits per heavy atom. The number of hydrogen-bond acceptors (Lipinski definition) is 4. The molecule has 3 rings (SSSR count). The van der Waals surface area contributed by atoms with Crippen LogP contribution in [-0.4, -0.2) is 22.7 Å². The third-order valence-electron chi connectivity index (χ3n) is 3.84. The monoisotopic (exact) mass is 275 g/mol. The fourth-order valence-electron chi connectivity index (χ4n) is 2.61. The zero-order chi connectivity index (χ0) is 14.1. The van der Waals surface area contributed by atoms with Crippen LogP contribution in [0.1, 0.15) is 37.1 Å². The second-order valence-corrected chi connectivity index (χ2v) is 5.50. The van der Waals surface area contributed by atoms with Crippen molar-refractivity contribution >= 4 is 0 Å². The van der Waals surface area contributed by atoms with Crippen molar-refractivity contribution in [3.05, 3.63) is 35.5 Å². The summed E-state index contributed by atoms with van der Waals surface area (Å²) in [5.41, 5.74) is 1.27. The zero-order valence-electron chi connectivity index (χ0n) is 11.7. The Morgan fingerprint density at radius 2 is 2.25 bits per heavy atom. The summed E-state index contributed by atoms with van der Waals surface area (Å²) in [6.45, 7) is 4.85. The van der Waals surface area contributed by atoms with Crippen LogP contribution in [0.5, 0.6) is 0 Å². The maximum absolute atomic E-state index is 13.6. The quantitative estimate of drug-likeness (QED) is 0.915. The molecule has 0 saturated carbocycles. The molecule has 1 aromatic heterocycles. The molecule has 1 aliphatic rings. The minimum atomic E-state index is -0.246. The number of aryl methyl sites for hydroxylation is 1. The van der Waals surface area contributed by atoms with Crippen molar-refractivity contribution in [1.29, 1.82) is 0 Å². The van der Waals surface area contributed by atoms with Crippen LogP contribution < -0.4 is 5.32 Å². The van der Waals surface area contributed by atoms with E-state index in [4.69, 9.17) is 4.52 Å². The van der Waals surface area contributed by atoms with E-state index in [1.807, 2.05) is 6.07 Å². The second-order valence-electron chi connectivity index (χ2n) is 5.50. The molecule has 5 heteroatoms. The number of hydrogen-bond donors (Lipinski definition) is 1. The standard InChI is InChI=1S/C15H18FN3O/c1-9-3-4-11(8-13(9)16)14-18-15(20-19-14)12-5-6-17-10(2)7-12/h3-4,8,10,12,17H,5-7H2,1-2H3/t10-,12-/m0/s1. The van der Waals surface area contributed by atoms with Crippen molar-refractivity contribution in [2.24, 2.45) is 0 Å². The van der Waals surface area contributed by atoms with E-state index in [9.17, 15) is 4.39 Å². The van der Waals surface area contributed by atoms with E-state index in [1.54, 1.807) is 13.0 Å². The summed E-state index contributed by atoms with van der Waals surface area (Å²) in [7, 11) is 0. The number of piperidine rings is 1. The van der Waals surface area contributed by atoms with E-state index in [-0.39, 0.29) is 5.82 Å². The molecular weight excluding hydrogens is 257 g/mol. The maximum atomic E-state index is 13.6. The van der Waals surface area contributed by atoms with Crippen LogP contribution in [0.4, 0.5) is 4.39 Å². The van der Waals surface area contributed by atoms with Gasteiger partial charge in [-0.3, -0.25) is 0 Å². The van der Waals surface area contributed by atoms with Gasteiger partial charge in [-0.2, -0.15) is 4.98 Å². The Balaban J connectivity index is 1.84. The lowest BCUT2D eigenvalue weighted by Crippen LogP contribution is -2.34. The number of aromatic nitrogens is 2. The zero-order valence-corrected chi connectivity index (χ0v) is 11.7. The summed E-state index contributed by atoms with van der Waals surface area (Å²) in [4.78, 5) is 4.44. The van der Waals surface area contributed by atoms with Crippen molar-refractivity contribution in [2.75, 3.05) is 6.54 Å². The Kier molecular flexibility index (Phi) is 3.53. The van der Waals surface area contributed by atoms with Crippen molar-refractivity contribution < 1.29 is 8.91 Å². The molecule has 2 atom stereocenters. The highest BCUT2D eigenvalue weighted by Gasteiger charge is 2.25. The van der Waals surface area contributed by atoms with Gasteiger partial charge < -0.3 is 9.84 Å². The summed E-state index contributed by atoms with van der Waals surface area (Å²) in [6.07, 6.45) is 1.98. The Labute approximate surface area is 117 Å². The maximum Gasteiger partial charge on any atom is 0.230 e. The SMILES string of the molecule is Cc1ccc(-c2noc([C@H]3CCN[C@@H](C)C3)n2)cc1F. The molecule has 1 fully saturated rings. The molecule has 1 N–H and O–H groups in total. The van der Waals surface area contributed by atoms with Gasteiger partial charge in [0.2, 0.25) is 11.7 Å². The number of nitrogens with one attached hydrogen (secondary N) is 1. The lowest BCUT2D eigenvalue weighted by Gasteiger charge is -2.25. The van der Waals surface area contributed by atoms with Crippen LogP contribution >= 0.6 is 0 Å². The first kappa shape index (κ1) is 13.2. The largest absolute Gasteiger partial charge is 0.339 e. The highest BCUT2D eigenvalue weighted by molar-refractivity contribution is 5.55. The first-order valence-electron chi connectivity index (χ1n) is 6.97. The summed E-state index contributed by atoms with van der Waals surface area (Å²) >= 11 is 0. The highest BCUT2D eigenvalue weighted by Crippen LogP contribution is 2.28. The van der Waals surface area contributed by atoms with Gasteiger partial charge in [-0.1, -0.05) is 17.3 Å². The topological polar surface area (TPSA) is 51.0 Å². The fraction of sp³-hybridized carbons (Fsp3) is 0.467. The van der Waals surface area contributed by atoms with Gasteiger partial charge in [0.25, 0.3) is 0 Å². The molecule has 106 valence electrons. The number of benzene rings is 1. The predicted molar refractivity (Wildman–Crippen MR) is 73.9 cm³/mol. The number of rotatable bonds is 2. The first-order valence-corrected chi connectivity index (χ1v) is 6.97. The molecule has 2 aromatic rings. The van der Waals surface area contributed by atoms with Crippen LogP contribution in [0.3, 0.4) is 0 Å². The molecule has 0 unspecified atom stereocenters. The summed E-state index contributed by atoms with van der Waals surface area (Å²) in [6, 6.07) is 5.46. The molecule has 0 amide bonds. The van der Waals surface area contributed by atoms with Crippen molar-refractivity contribution in [1.82, 2.24) is 15.5 Å². The minimum absolute atomic E-state index is 0.246. The fourth-order valence-corrected chi connectivity index (χ4v) is 2.61. The lowest BCUT2D eigenvalue weighted by atomic mass is 9.93. The Morgan fingerprint density at radius 3 is 3.00 bits per heavy atom. The average molecular weight is 275 g/mol. The van der Waals surface area contributed by atoms with Crippen molar-refractivity contribution in [3.63, 3.8) is 0 Å². The van der Waals surface area contributed by atoms with Crippen molar-refractivity contribution in [3.8, 4) is 11.4 Å². The molecule has 1 saturated heterocycles. The van der Waals surface area contributed by atoms with E-state index in [0.717, 1.165) is 19.4 Å². The molecule has 1 aliphatic heterocycles.